The highest BCUT2D eigenvalue weighted by Gasteiger charge is 2.26. The Labute approximate surface area is 220 Å². The van der Waals surface area contributed by atoms with Crippen LogP contribution in [0.3, 0.4) is 0 Å². The van der Waals surface area contributed by atoms with Crippen LogP contribution in [0, 0.1) is 0 Å². The molecule has 0 unspecified atom stereocenters. The van der Waals surface area contributed by atoms with Crippen LogP contribution in [-0.4, -0.2) is 4.98 Å². The molecule has 3 rings (SSSR count). The van der Waals surface area contributed by atoms with Crippen molar-refractivity contribution in [2.75, 3.05) is 10.6 Å². The van der Waals surface area contributed by atoms with Gasteiger partial charge in [-0.1, -0.05) is 97.9 Å². The SMILES string of the molecule is CC(C)c1cccc(C(C)C)c1NCc1cccc(C(C)(C)Nc2c(C(C)C)cccc2C(C)C)n1. The van der Waals surface area contributed by atoms with E-state index >= 15 is 0 Å². The first-order chi connectivity index (χ1) is 16.9. The molecule has 0 fully saturated rings. The average Bonchev–Trinajstić information content (AvgIpc) is 2.82. The summed E-state index contributed by atoms with van der Waals surface area (Å²) < 4.78 is 0. The molecule has 0 radical (unpaired) electrons. The van der Waals surface area contributed by atoms with Crippen molar-refractivity contribution in [3.05, 3.63) is 88.2 Å². The number of anilines is 2. The van der Waals surface area contributed by atoms with E-state index in [9.17, 15) is 0 Å². The number of nitrogens with zero attached hydrogens (tertiary/aromatic N) is 1. The van der Waals surface area contributed by atoms with Crippen LogP contribution in [0.2, 0.25) is 0 Å². The van der Waals surface area contributed by atoms with Crippen LogP contribution in [0.4, 0.5) is 11.4 Å². The molecule has 194 valence electrons. The van der Waals surface area contributed by atoms with Gasteiger partial charge in [-0.25, -0.2) is 0 Å². The molecule has 2 aromatic carbocycles. The summed E-state index contributed by atoms with van der Waals surface area (Å²) in [6.07, 6.45) is 0. The van der Waals surface area contributed by atoms with Gasteiger partial charge in [0.1, 0.15) is 0 Å². The summed E-state index contributed by atoms with van der Waals surface area (Å²) in [4.78, 5) is 5.13. The second kappa shape index (κ2) is 11.5. The van der Waals surface area contributed by atoms with Crippen molar-refractivity contribution in [2.24, 2.45) is 0 Å². The number of benzene rings is 2. The fourth-order valence-electron chi connectivity index (χ4n) is 4.93. The Balaban J connectivity index is 1.90. The molecule has 0 saturated heterocycles. The molecule has 1 aromatic heterocycles. The third-order valence-electron chi connectivity index (χ3n) is 7.08. The summed E-state index contributed by atoms with van der Waals surface area (Å²) in [7, 11) is 0. The number of hydrogen-bond donors (Lipinski definition) is 2. The maximum Gasteiger partial charge on any atom is 0.0739 e. The minimum atomic E-state index is -0.316. The van der Waals surface area contributed by atoms with Crippen LogP contribution < -0.4 is 10.6 Å². The Kier molecular flexibility index (Phi) is 8.87. The van der Waals surface area contributed by atoms with E-state index in [2.05, 4.69) is 134 Å². The molecule has 1 heterocycles. The lowest BCUT2D eigenvalue weighted by Crippen LogP contribution is -2.31. The zero-order valence-corrected chi connectivity index (χ0v) is 24.2. The molecule has 3 aromatic rings. The van der Waals surface area contributed by atoms with Gasteiger partial charge in [0.05, 0.1) is 23.5 Å². The maximum atomic E-state index is 5.13. The van der Waals surface area contributed by atoms with E-state index in [1.807, 2.05) is 0 Å². The van der Waals surface area contributed by atoms with E-state index in [0.29, 0.717) is 30.2 Å². The van der Waals surface area contributed by atoms with Crippen molar-refractivity contribution in [3.8, 4) is 0 Å². The summed E-state index contributed by atoms with van der Waals surface area (Å²) in [6, 6.07) is 19.8. The molecule has 0 atom stereocenters. The molecule has 0 saturated carbocycles. The first-order valence-corrected chi connectivity index (χ1v) is 13.7. The molecule has 0 aliphatic heterocycles. The molecule has 0 amide bonds. The van der Waals surface area contributed by atoms with E-state index < -0.39 is 0 Å². The third-order valence-corrected chi connectivity index (χ3v) is 7.08. The average molecular weight is 486 g/mol. The molecule has 0 bridgehead atoms. The van der Waals surface area contributed by atoms with Crippen molar-refractivity contribution in [1.82, 2.24) is 4.98 Å². The minimum Gasteiger partial charge on any atom is -0.379 e. The normalized spacial score (nSPS) is 12.2. The molecule has 2 N–H and O–H groups in total. The van der Waals surface area contributed by atoms with Crippen molar-refractivity contribution >= 4 is 11.4 Å². The highest BCUT2D eigenvalue weighted by Crippen LogP contribution is 2.37. The summed E-state index contributed by atoms with van der Waals surface area (Å²) in [6.45, 7) is 23.3. The Morgan fingerprint density at radius 3 is 1.47 bits per heavy atom. The largest absolute Gasteiger partial charge is 0.379 e. The zero-order valence-electron chi connectivity index (χ0n) is 24.2. The maximum absolute atomic E-state index is 5.13. The van der Waals surface area contributed by atoms with Crippen LogP contribution >= 0.6 is 0 Å². The van der Waals surface area contributed by atoms with Crippen molar-refractivity contribution in [1.29, 1.82) is 0 Å². The van der Waals surface area contributed by atoms with Gasteiger partial charge in [0, 0.05) is 11.4 Å². The fourth-order valence-corrected chi connectivity index (χ4v) is 4.93. The van der Waals surface area contributed by atoms with Gasteiger partial charge in [-0.05, 0) is 71.9 Å². The van der Waals surface area contributed by atoms with Gasteiger partial charge >= 0.3 is 0 Å². The molecule has 3 heteroatoms. The summed E-state index contributed by atoms with van der Waals surface area (Å²) in [5, 5.41) is 7.66. The van der Waals surface area contributed by atoms with Gasteiger partial charge in [0.15, 0.2) is 0 Å². The van der Waals surface area contributed by atoms with Crippen molar-refractivity contribution in [2.45, 2.75) is 105 Å². The molecule has 0 aliphatic carbocycles. The predicted molar refractivity (Wildman–Crippen MR) is 157 cm³/mol. The summed E-state index contributed by atoms with van der Waals surface area (Å²) >= 11 is 0. The Bertz CT molecular complexity index is 1100. The highest BCUT2D eigenvalue weighted by atomic mass is 15.0. The lowest BCUT2D eigenvalue weighted by atomic mass is 9.90. The number of pyridine rings is 1. The second-order valence-corrected chi connectivity index (χ2v) is 11.9. The fraction of sp³-hybridized carbons (Fsp3) is 0.485. The van der Waals surface area contributed by atoms with E-state index in [1.54, 1.807) is 0 Å². The quantitative estimate of drug-likeness (QED) is 0.300. The van der Waals surface area contributed by atoms with E-state index in [0.717, 1.165) is 11.4 Å². The molecule has 36 heavy (non-hydrogen) atoms. The summed E-state index contributed by atoms with van der Waals surface area (Å²) in [5.41, 5.74) is 9.76. The van der Waals surface area contributed by atoms with Gasteiger partial charge in [-0.15, -0.1) is 0 Å². The van der Waals surface area contributed by atoms with Gasteiger partial charge in [0.25, 0.3) is 0 Å². The van der Waals surface area contributed by atoms with Gasteiger partial charge in [0.2, 0.25) is 0 Å². The first kappa shape index (κ1) is 27.8. The summed E-state index contributed by atoms with van der Waals surface area (Å²) in [5.74, 6) is 1.82. The number of rotatable bonds is 10. The monoisotopic (exact) mass is 485 g/mol. The molecule has 0 spiro atoms. The molecular formula is C33H47N3. The number of para-hydroxylation sites is 2. The minimum absolute atomic E-state index is 0.316. The topological polar surface area (TPSA) is 37.0 Å². The van der Waals surface area contributed by atoms with E-state index in [4.69, 9.17) is 4.98 Å². The molecule has 3 nitrogen and oxygen atoms in total. The van der Waals surface area contributed by atoms with Crippen LogP contribution in [-0.2, 0) is 12.1 Å². The Morgan fingerprint density at radius 1 is 0.611 bits per heavy atom. The van der Waals surface area contributed by atoms with Gasteiger partial charge in [-0.2, -0.15) is 0 Å². The lowest BCUT2D eigenvalue weighted by molar-refractivity contribution is 0.580. The number of hydrogen-bond acceptors (Lipinski definition) is 3. The zero-order chi connectivity index (χ0) is 26.6. The van der Waals surface area contributed by atoms with E-state index in [-0.39, 0.29) is 5.54 Å². The standard InChI is InChI=1S/C33H47N3/c1-21(2)26-15-12-16-27(22(3)4)31(26)34-20-25-14-11-19-30(35-25)33(9,10)36-32-28(23(5)6)17-13-18-29(32)24(7)8/h11-19,21-24,34,36H,20H2,1-10H3. The first-order valence-electron chi connectivity index (χ1n) is 13.7. The third kappa shape index (κ3) is 6.30. The van der Waals surface area contributed by atoms with Gasteiger partial charge < -0.3 is 10.6 Å². The van der Waals surface area contributed by atoms with Crippen LogP contribution in [0.5, 0.6) is 0 Å². The Hall–Kier alpha value is -2.81. The lowest BCUT2D eigenvalue weighted by Gasteiger charge is -2.32. The van der Waals surface area contributed by atoms with Crippen LogP contribution in [0.1, 0.15) is 127 Å². The van der Waals surface area contributed by atoms with Crippen molar-refractivity contribution < 1.29 is 0 Å². The second-order valence-electron chi connectivity index (χ2n) is 11.9. The smallest absolute Gasteiger partial charge is 0.0739 e. The van der Waals surface area contributed by atoms with Crippen LogP contribution in [0.15, 0.2) is 54.6 Å². The predicted octanol–water partition coefficient (Wildman–Crippen LogP) is 9.53. The van der Waals surface area contributed by atoms with Crippen molar-refractivity contribution in [3.63, 3.8) is 0 Å². The number of nitrogens with one attached hydrogen (secondary N) is 2. The van der Waals surface area contributed by atoms with Crippen LogP contribution in [0.25, 0.3) is 0 Å². The van der Waals surface area contributed by atoms with Gasteiger partial charge in [-0.3, -0.25) is 4.98 Å². The number of aromatic nitrogens is 1. The molecular weight excluding hydrogens is 438 g/mol. The Morgan fingerprint density at radius 2 is 1.03 bits per heavy atom. The molecule has 0 aliphatic rings. The highest BCUT2D eigenvalue weighted by molar-refractivity contribution is 5.62. The van der Waals surface area contributed by atoms with E-state index in [1.165, 1.54) is 33.6 Å².